The molecular weight excluding hydrogens is 274 g/mol. The first-order chi connectivity index (χ1) is 10.7. The predicted octanol–water partition coefficient (Wildman–Crippen LogP) is 4.28. The highest BCUT2D eigenvalue weighted by molar-refractivity contribution is 5.70. The Hall–Kier alpha value is -1.97. The van der Waals surface area contributed by atoms with E-state index in [4.69, 9.17) is 4.42 Å². The van der Waals surface area contributed by atoms with Gasteiger partial charge >= 0.3 is 0 Å². The molecule has 1 saturated heterocycles. The first kappa shape index (κ1) is 14.9. The summed E-state index contributed by atoms with van der Waals surface area (Å²) in [5, 5.41) is 3.49. The number of hydrogen-bond donors (Lipinski definition) is 1. The van der Waals surface area contributed by atoms with E-state index in [2.05, 4.69) is 39.5 Å². The van der Waals surface area contributed by atoms with Gasteiger partial charge in [-0.05, 0) is 38.8 Å². The number of hydrogen-bond acceptors (Lipinski definition) is 4. The van der Waals surface area contributed by atoms with Crippen LogP contribution >= 0.6 is 0 Å². The van der Waals surface area contributed by atoms with Crippen LogP contribution in [-0.4, -0.2) is 18.1 Å². The van der Waals surface area contributed by atoms with Crippen LogP contribution < -0.4 is 10.2 Å². The molecule has 1 aliphatic rings. The van der Waals surface area contributed by atoms with Gasteiger partial charge in [0, 0.05) is 13.1 Å². The van der Waals surface area contributed by atoms with E-state index in [1.54, 1.807) is 0 Å². The molecule has 1 aromatic heterocycles. The molecule has 22 heavy (non-hydrogen) atoms. The summed E-state index contributed by atoms with van der Waals surface area (Å²) in [5.41, 5.74) is 3.43. The second-order valence-corrected chi connectivity index (χ2v) is 6.02. The van der Waals surface area contributed by atoms with E-state index < -0.39 is 0 Å². The highest BCUT2D eigenvalue weighted by Gasteiger charge is 2.13. The predicted molar refractivity (Wildman–Crippen MR) is 90.4 cm³/mol. The highest BCUT2D eigenvalue weighted by atomic mass is 16.4. The molecule has 0 radical (unpaired) electrons. The Morgan fingerprint density at radius 2 is 1.82 bits per heavy atom. The number of aromatic nitrogens is 1. The molecule has 2 aromatic rings. The molecule has 1 aliphatic heterocycles. The van der Waals surface area contributed by atoms with Crippen molar-refractivity contribution in [2.45, 2.75) is 46.1 Å². The van der Waals surface area contributed by atoms with E-state index in [0.29, 0.717) is 6.54 Å². The van der Waals surface area contributed by atoms with E-state index >= 15 is 0 Å². The maximum atomic E-state index is 5.65. The van der Waals surface area contributed by atoms with Crippen LogP contribution in [0.3, 0.4) is 0 Å². The third-order valence-corrected chi connectivity index (χ3v) is 4.35. The van der Waals surface area contributed by atoms with Crippen LogP contribution in [0.2, 0.25) is 0 Å². The number of nitrogens with zero attached hydrogens (tertiary/aromatic N) is 2. The number of rotatable bonds is 4. The van der Waals surface area contributed by atoms with Crippen molar-refractivity contribution in [2.24, 2.45) is 0 Å². The zero-order valence-electron chi connectivity index (χ0n) is 13.6. The second-order valence-electron chi connectivity index (χ2n) is 6.02. The number of oxazole rings is 1. The molecule has 1 aromatic carbocycles. The van der Waals surface area contributed by atoms with Crippen LogP contribution in [0.5, 0.6) is 0 Å². The summed E-state index contributed by atoms with van der Waals surface area (Å²) in [5.74, 6) is 1.65. The standard InChI is InChI=1S/C18H25N3O/c1-14-15(2)22-18(20-14)13-19-16-9-5-6-10-17(16)21-11-7-3-4-8-12-21/h5-6,9-10,19H,3-4,7-8,11-13H2,1-2H3. The highest BCUT2D eigenvalue weighted by Crippen LogP contribution is 2.28. The van der Waals surface area contributed by atoms with Crippen molar-refractivity contribution in [3.63, 3.8) is 0 Å². The first-order valence-corrected chi connectivity index (χ1v) is 8.25. The molecule has 1 fully saturated rings. The Balaban J connectivity index is 1.73. The summed E-state index contributed by atoms with van der Waals surface area (Å²) in [6.45, 7) is 6.86. The normalized spacial score (nSPS) is 15.6. The van der Waals surface area contributed by atoms with Gasteiger partial charge in [0.25, 0.3) is 0 Å². The average Bonchev–Trinajstić information content (AvgIpc) is 2.73. The zero-order valence-corrected chi connectivity index (χ0v) is 13.6. The Morgan fingerprint density at radius 1 is 1.09 bits per heavy atom. The van der Waals surface area contributed by atoms with Crippen LogP contribution in [0, 0.1) is 13.8 Å². The number of aryl methyl sites for hydroxylation is 2. The van der Waals surface area contributed by atoms with E-state index in [-0.39, 0.29) is 0 Å². The minimum Gasteiger partial charge on any atom is -0.444 e. The molecule has 3 rings (SSSR count). The van der Waals surface area contributed by atoms with Crippen LogP contribution in [0.4, 0.5) is 11.4 Å². The molecule has 0 unspecified atom stereocenters. The number of benzene rings is 1. The maximum absolute atomic E-state index is 5.65. The molecule has 0 bridgehead atoms. The SMILES string of the molecule is Cc1nc(CNc2ccccc2N2CCCCCC2)oc1C. The van der Waals surface area contributed by atoms with Crippen molar-refractivity contribution in [3.8, 4) is 0 Å². The van der Waals surface area contributed by atoms with Crippen molar-refractivity contribution >= 4 is 11.4 Å². The largest absolute Gasteiger partial charge is 0.444 e. The van der Waals surface area contributed by atoms with Crippen molar-refractivity contribution in [3.05, 3.63) is 41.6 Å². The lowest BCUT2D eigenvalue weighted by Gasteiger charge is -2.25. The summed E-state index contributed by atoms with van der Waals surface area (Å²) < 4.78 is 5.65. The zero-order chi connectivity index (χ0) is 15.4. The quantitative estimate of drug-likeness (QED) is 0.914. The fourth-order valence-electron chi connectivity index (χ4n) is 3.00. The molecular formula is C18H25N3O. The van der Waals surface area contributed by atoms with Gasteiger partial charge in [-0.25, -0.2) is 4.98 Å². The molecule has 0 spiro atoms. The number of para-hydroxylation sites is 2. The molecule has 4 nitrogen and oxygen atoms in total. The Labute approximate surface area is 132 Å². The minimum atomic E-state index is 0.625. The summed E-state index contributed by atoms with van der Waals surface area (Å²) in [4.78, 5) is 6.94. The van der Waals surface area contributed by atoms with Gasteiger partial charge in [-0.2, -0.15) is 0 Å². The van der Waals surface area contributed by atoms with Gasteiger partial charge < -0.3 is 14.6 Å². The van der Waals surface area contributed by atoms with Gasteiger partial charge in [0.1, 0.15) is 5.76 Å². The van der Waals surface area contributed by atoms with E-state index in [1.165, 1.54) is 31.4 Å². The molecule has 0 saturated carbocycles. The van der Waals surface area contributed by atoms with Gasteiger partial charge in [-0.3, -0.25) is 0 Å². The molecule has 118 valence electrons. The lowest BCUT2D eigenvalue weighted by molar-refractivity contribution is 0.478. The monoisotopic (exact) mass is 299 g/mol. The third kappa shape index (κ3) is 3.43. The molecule has 0 aliphatic carbocycles. The lowest BCUT2D eigenvalue weighted by Crippen LogP contribution is -2.24. The summed E-state index contributed by atoms with van der Waals surface area (Å²) in [7, 11) is 0. The summed E-state index contributed by atoms with van der Waals surface area (Å²) in [6, 6.07) is 8.54. The topological polar surface area (TPSA) is 41.3 Å². The van der Waals surface area contributed by atoms with Gasteiger partial charge in [0.2, 0.25) is 5.89 Å². The van der Waals surface area contributed by atoms with Gasteiger partial charge in [0.15, 0.2) is 0 Å². The van der Waals surface area contributed by atoms with Gasteiger partial charge in [-0.15, -0.1) is 0 Å². The second kappa shape index (κ2) is 6.86. The van der Waals surface area contributed by atoms with Crippen molar-refractivity contribution in [1.29, 1.82) is 0 Å². The fraction of sp³-hybridized carbons (Fsp3) is 0.500. The van der Waals surface area contributed by atoms with Crippen LogP contribution in [0.1, 0.15) is 43.0 Å². The van der Waals surface area contributed by atoms with Crippen molar-refractivity contribution in [2.75, 3.05) is 23.3 Å². The van der Waals surface area contributed by atoms with Crippen LogP contribution in [-0.2, 0) is 6.54 Å². The van der Waals surface area contributed by atoms with Crippen molar-refractivity contribution < 1.29 is 4.42 Å². The summed E-state index contributed by atoms with van der Waals surface area (Å²) >= 11 is 0. The van der Waals surface area contributed by atoms with Crippen LogP contribution in [0.15, 0.2) is 28.7 Å². The molecule has 0 amide bonds. The number of nitrogens with one attached hydrogen (secondary N) is 1. The Morgan fingerprint density at radius 3 is 2.50 bits per heavy atom. The molecule has 1 N–H and O–H groups in total. The number of anilines is 2. The first-order valence-electron chi connectivity index (χ1n) is 8.25. The average molecular weight is 299 g/mol. The molecule has 0 atom stereocenters. The minimum absolute atomic E-state index is 0.625. The Kier molecular flexibility index (Phi) is 4.66. The summed E-state index contributed by atoms with van der Waals surface area (Å²) in [6.07, 6.45) is 5.26. The van der Waals surface area contributed by atoms with Crippen LogP contribution in [0.25, 0.3) is 0 Å². The smallest absolute Gasteiger partial charge is 0.213 e. The lowest BCUT2D eigenvalue weighted by atomic mass is 10.2. The van der Waals surface area contributed by atoms with Gasteiger partial charge in [-0.1, -0.05) is 25.0 Å². The fourth-order valence-corrected chi connectivity index (χ4v) is 3.00. The van der Waals surface area contributed by atoms with Gasteiger partial charge in [0.05, 0.1) is 23.6 Å². The Bertz CT molecular complexity index is 593. The third-order valence-electron chi connectivity index (χ3n) is 4.35. The van der Waals surface area contributed by atoms with Crippen molar-refractivity contribution in [1.82, 2.24) is 4.98 Å². The molecule has 4 heteroatoms. The van der Waals surface area contributed by atoms with E-state index in [1.807, 2.05) is 13.8 Å². The van der Waals surface area contributed by atoms with E-state index in [9.17, 15) is 0 Å². The van der Waals surface area contributed by atoms with E-state index in [0.717, 1.165) is 36.1 Å². The maximum Gasteiger partial charge on any atom is 0.213 e. The molecule has 2 heterocycles.